The molecule has 0 aliphatic rings. The van der Waals surface area contributed by atoms with Crippen LogP contribution in [0.3, 0.4) is 0 Å². The highest BCUT2D eigenvalue weighted by molar-refractivity contribution is 6.30. The van der Waals surface area contributed by atoms with E-state index >= 15 is 0 Å². The van der Waals surface area contributed by atoms with E-state index in [4.69, 9.17) is 16.3 Å². The van der Waals surface area contributed by atoms with Gasteiger partial charge in [0.25, 0.3) is 11.5 Å². The number of halogens is 1. The molecule has 1 N–H and O–H groups in total. The summed E-state index contributed by atoms with van der Waals surface area (Å²) in [7, 11) is 2.72. The Hall–Kier alpha value is -2.87. The molecule has 1 amide bonds. The Morgan fingerprint density at radius 1 is 1.17 bits per heavy atom. The number of carbonyl (C=O) groups is 2. The number of hydrogen-bond donors (Lipinski definition) is 1. The Bertz CT molecular complexity index is 916. The monoisotopic (exact) mass is 351 g/mol. The van der Waals surface area contributed by atoms with E-state index in [1.807, 2.05) is 0 Å². The topological polar surface area (TPSA) is 99.4 Å². The van der Waals surface area contributed by atoms with Crippen molar-refractivity contribution in [1.29, 1.82) is 0 Å². The summed E-state index contributed by atoms with van der Waals surface area (Å²) in [6, 6.07) is 7.18. The number of nitrogens with one attached hydrogen (secondary N) is 1. The molecule has 0 spiro atoms. The fourth-order valence-corrected chi connectivity index (χ4v) is 2.05. The second-order valence-electron chi connectivity index (χ2n) is 4.90. The van der Waals surface area contributed by atoms with Crippen LogP contribution >= 0.6 is 11.6 Å². The molecule has 126 valence electrons. The maximum absolute atomic E-state index is 11.8. The van der Waals surface area contributed by atoms with E-state index in [2.05, 4.69) is 5.32 Å². The Kier molecular flexibility index (Phi) is 5.20. The van der Waals surface area contributed by atoms with Crippen LogP contribution in [-0.4, -0.2) is 27.6 Å². The van der Waals surface area contributed by atoms with Crippen molar-refractivity contribution in [1.82, 2.24) is 9.13 Å². The van der Waals surface area contributed by atoms with Gasteiger partial charge in [-0.15, -0.1) is 0 Å². The minimum Gasteiger partial charge on any atom is -0.452 e. The largest absolute Gasteiger partial charge is 0.452 e. The quantitative estimate of drug-likeness (QED) is 0.810. The van der Waals surface area contributed by atoms with Gasteiger partial charge in [0.05, 0.1) is 5.56 Å². The maximum atomic E-state index is 11.8. The summed E-state index contributed by atoms with van der Waals surface area (Å²) in [4.78, 5) is 47.0. The molecule has 0 radical (unpaired) electrons. The Morgan fingerprint density at radius 2 is 1.88 bits per heavy atom. The Balaban J connectivity index is 2.03. The first-order chi connectivity index (χ1) is 11.3. The number of esters is 1. The molecule has 0 aliphatic carbocycles. The summed E-state index contributed by atoms with van der Waals surface area (Å²) in [6.45, 7) is -0.575. The lowest BCUT2D eigenvalue weighted by molar-refractivity contribution is -0.119. The summed E-state index contributed by atoms with van der Waals surface area (Å²) in [5, 5.41) is 2.71. The molecular weight excluding hydrogens is 338 g/mol. The summed E-state index contributed by atoms with van der Waals surface area (Å²) in [5.41, 5.74) is -0.950. The maximum Gasteiger partial charge on any atom is 0.338 e. The average molecular weight is 352 g/mol. The van der Waals surface area contributed by atoms with Crippen LogP contribution in [0.1, 0.15) is 10.4 Å². The van der Waals surface area contributed by atoms with Gasteiger partial charge in [0.2, 0.25) is 0 Å². The number of benzene rings is 1. The van der Waals surface area contributed by atoms with Crippen LogP contribution in [0.5, 0.6) is 0 Å². The zero-order valence-corrected chi connectivity index (χ0v) is 13.7. The summed E-state index contributed by atoms with van der Waals surface area (Å²) >= 11 is 5.77. The molecule has 1 aromatic carbocycles. The zero-order chi connectivity index (χ0) is 17.9. The first kappa shape index (κ1) is 17.5. The van der Waals surface area contributed by atoms with Crippen molar-refractivity contribution in [2.45, 2.75) is 0 Å². The normalized spacial score (nSPS) is 10.3. The third kappa shape index (κ3) is 3.90. The van der Waals surface area contributed by atoms with Crippen molar-refractivity contribution >= 4 is 29.3 Å². The van der Waals surface area contributed by atoms with Gasteiger partial charge < -0.3 is 10.1 Å². The highest BCUT2D eigenvalue weighted by Crippen LogP contribution is 2.11. The molecule has 2 aromatic rings. The van der Waals surface area contributed by atoms with Gasteiger partial charge >= 0.3 is 11.7 Å². The van der Waals surface area contributed by atoms with E-state index in [0.717, 1.165) is 15.2 Å². The lowest BCUT2D eigenvalue weighted by atomic mass is 10.2. The minimum absolute atomic E-state index is 0.00639. The molecule has 0 atom stereocenters. The number of ether oxygens (including phenoxy) is 1. The van der Waals surface area contributed by atoms with E-state index in [9.17, 15) is 19.2 Å². The first-order valence-corrected chi connectivity index (χ1v) is 7.17. The molecule has 0 fully saturated rings. The van der Waals surface area contributed by atoms with Crippen LogP contribution in [0.25, 0.3) is 0 Å². The molecular formula is C15H14ClN3O5. The van der Waals surface area contributed by atoms with E-state index in [-0.39, 0.29) is 11.4 Å². The van der Waals surface area contributed by atoms with E-state index < -0.39 is 29.7 Å². The van der Waals surface area contributed by atoms with Gasteiger partial charge in [-0.1, -0.05) is 17.7 Å². The van der Waals surface area contributed by atoms with Gasteiger partial charge in [0.1, 0.15) is 5.82 Å². The lowest BCUT2D eigenvalue weighted by Crippen LogP contribution is -2.38. The molecule has 8 nitrogen and oxygen atoms in total. The van der Waals surface area contributed by atoms with Crippen LogP contribution in [0, 0.1) is 0 Å². The van der Waals surface area contributed by atoms with Crippen molar-refractivity contribution in [3.63, 3.8) is 0 Å². The molecule has 1 aromatic heterocycles. The Labute approximate surface area is 141 Å². The first-order valence-electron chi connectivity index (χ1n) is 6.79. The third-order valence-electron chi connectivity index (χ3n) is 3.19. The van der Waals surface area contributed by atoms with Gasteiger partial charge in [0, 0.05) is 25.2 Å². The standard InChI is InChI=1S/C15H14ClN3O5/c1-18-11(7-13(21)19(2)15(18)23)17-12(20)8-24-14(22)9-4-3-5-10(16)6-9/h3-7H,8H2,1-2H3,(H,17,20). The molecule has 2 rings (SSSR count). The van der Waals surface area contributed by atoms with Gasteiger partial charge in [-0.3, -0.25) is 18.7 Å². The second kappa shape index (κ2) is 7.14. The van der Waals surface area contributed by atoms with Gasteiger partial charge in [-0.2, -0.15) is 0 Å². The van der Waals surface area contributed by atoms with Crippen molar-refractivity contribution in [2.75, 3.05) is 11.9 Å². The van der Waals surface area contributed by atoms with Crippen molar-refractivity contribution < 1.29 is 14.3 Å². The number of anilines is 1. The van der Waals surface area contributed by atoms with Gasteiger partial charge in [-0.05, 0) is 18.2 Å². The number of hydrogen-bond acceptors (Lipinski definition) is 5. The Morgan fingerprint density at radius 3 is 2.54 bits per heavy atom. The van der Waals surface area contributed by atoms with Crippen LogP contribution in [0.4, 0.5) is 5.82 Å². The summed E-state index contributed by atoms with van der Waals surface area (Å²) in [5.74, 6) is -1.40. The van der Waals surface area contributed by atoms with E-state index in [1.54, 1.807) is 12.1 Å². The van der Waals surface area contributed by atoms with Crippen molar-refractivity contribution in [2.24, 2.45) is 14.1 Å². The number of nitrogens with zero attached hydrogens (tertiary/aromatic N) is 2. The highest BCUT2D eigenvalue weighted by atomic mass is 35.5. The molecule has 0 saturated heterocycles. The molecule has 24 heavy (non-hydrogen) atoms. The minimum atomic E-state index is -0.717. The molecule has 0 aliphatic heterocycles. The third-order valence-corrected chi connectivity index (χ3v) is 3.42. The smallest absolute Gasteiger partial charge is 0.338 e. The number of amides is 1. The summed E-state index contributed by atoms with van der Waals surface area (Å²) in [6.07, 6.45) is 0. The van der Waals surface area contributed by atoms with Crippen LogP contribution < -0.4 is 16.6 Å². The van der Waals surface area contributed by atoms with Gasteiger partial charge in [0.15, 0.2) is 6.61 Å². The second-order valence-corrected chi connectivity index (χ2v) is 5.34. The van der Waals surface area contributed by atoms with Crippen LogP contribution in [-0.2, 0) is 23.6 Å². The van der Waals surface area contributed by atoms with Crippen LogP contribution in [0.2, 0.25) is 5.02 Å². The van der Waals surface area contributed by atoms with Crippen LogP contribution in [0.15, 0.2) is 39.9 Å². The van der Waals surface area contributed by atoms with E-state index in [0.29, 0.717) is 5.02 Å². The average Bonchev–Trinajstić information content (AvgIpc) is 2.55. The number of carbonyl (C=O) groups excluding carboxylic acids is 2. The van der Waals surface area contributed by atoms with E-state index in [1.165, 1.54) is 26.2 Å². The highest BCUT2D eigenvalue weighted by Gasteiger charge is 2.13. The molecule has 0 saturated carbocycles. The molecule has 9 heteroatoms. The fourth-order valence-electron chi connectivity index (χ4n) is 1.86. The number of aromatic nitrogens is 2. The molecule has 0 unspecified atom stereocenters. The van der Waals surface area contributed by atoms with Crippen molar-refractivity contribution in [3.8, 4) is 0 Å². The van der Waals surface area contributed by atoms with Gasteiger partial charge in [-0.25, -0.2) is 9.59 Å². The predicted octanol–water partition coefficient (Wildman–Crippen LogP) is 0.533. The predicted molar refractivity (Wildman–Crippen MR) is 87.3 cm³/mol. The summed E-state index contributed by atoms with van der Waals surface area (Å²) < 4.78 is 6.85. The fraction of sp³-hybridized carbons (Fsp3) is 0.200. The molecule has 0 bridgehead atoms. The molecule has 1 heterocycles. The van der Waals surface area contributed by atoms with Crippen molar-refractivity contribution in [3.05, 3.63) is 61.8 Å². The SMILES string of the molecule is Cn1c(NC(=O)COC(=O)c2cccc(Cl)c2)cc(=O)n(C)c1=O. The zero-order valence-electron chi connectivity index (χ0n) is 12.9. The number of rotatable bonds is 4. The lowest BCUT2D eigenvalue weighted by Gasteiger charge is -2.11.